The second-order valence-corrected chi connectivity index (χ2v) is 13.6. The van der Waals surface area contributed by atoms with Crippen LogP contribution in [0.15, 0.2) is 30.3 Å². The fourth-order valence-corrected chi connectivity index (χ4v) is 5.94. The minimum absolute atomic E-state index is 0.204. The number of nitrogens with one attached hydrogen (secondary N) is 4. The third-order valence-electron chi connectivity index (χ3n) is 9.02. The standard InChI is InChI=1S/C35H53N5O7/c1-7-18-35(5,6)47-34(46)39-29(22(3)8-2)33(45)40-19-12-15-27(40)31(43)38-26(20-24-16-17-24)30(42)32(44)36-21-28(41)37-23(4)25-13-10-9-11-14-25/h9-11,13-14,22-24,26-27,29H,7-8,12,15-21H2,1-6H3,(H,36,44)(H,37,41)(H,38,43)(H,39,46). The zero-order chi connectivity index (χ0) is 34.7. The number of nitrogens with zero attached hydrogens (tertiary/aromatic N) is 1. The highest BCUT2D eigenvalue weighted by molar-refractivity contribution is 6.38. The van der Waals surface area contributed by atoms with E-state index in [0.29, 0.717) is 38.6 Å². The first-order valence-electron chi connectivity index (χ1n) is 17.0. The van der Waals surface area contributed by atoms with Crippen molar-refractivity contribution in [3.8, 4) is 0 Å². The maximum atomic E-state index is 13.8. The number of ether oxygens (including phenoxy) is 1. The number of amides is 5. The first-order valence-corrected chi connectivity index (χ1v) is 17.0. The third kappa shape index (κ3) is 11.4. The lowest BCUT2D eigenvalue weighted by Crippen LogP contribution is -2.58. The van der Waals surface area contributed by atoms with Gasteiger partial charge in [-0.3, -0.25) is 24.0 Å². The average molecular weight is 656 g/mol. The minimum atomic E-state index is -1.09. The van der Waals surface area contributed by atoms with Gasteiger partial charge in [0.2, 0.25) is 23.5 Å². The molecule has 1 heterocycles. The number of benzene rings is 1. The average Bonchev–Trinajstić information content (AvgIpc) is 3.72. The molecule has 12 heteroatoms. The van der Waals surface area contributed by atoms with Crippen molar-refractivity contribution in [2.75, 3.05) is 13.1 Å². The smallest absolute Gasteiger partial charge is 0.408 e. The Hall–Kier alpha value is -3.96. The summed E-state index contributed by atoms with van der Waals surface area (Å²) in [7, 11) is 0. The molecule has 1 aromatic carbocycles. The largest absolute Gasteiger partial charge is 0.444 e. The van der Waals surface area contributed by atoms with E-state index in [4.69, 9.17) is 4.74 Å². The van der Waals surface area contributed by atoms with Crippen LogP contribution in [-0.4, -0.2) is 77.2 Å². The molecule has 5 amide bonds. The van der Waals surface area contributed by atoms with Crippen LogP contribution in [0, 0.1) is 11.8 Å². The lowest BCUT2D eigenvalue weighted by Gasteiger charge is -2.33. The van der Waals surface area contributed by atoms with Gasteiger partial charge in [0.05, 0.1) is 18.6 Å². The molecule has 5 atom stereocenters. The molecule has 5 unspecified atom stereocenters. The summed E-state index contributed by atoms with van der Waals surface area (Å²) in [5, 5.41) is 10.7. The summed E-state index contributed by atoms with van der Waals surface area (Å²) in [5.41, 5.74) is 0.203. The minimum Gasteiger partial charge on any atom is -0.444 e. The summed E-state index contributed by atoms with van der Waals surface area (Å²) in [6.45, 7) is 11.2. The van der Waals surface area contributed by atoms with Crippen molar-refractivity contribution < 1.29 is 33.5 Å². The van der Waals surface area contributed by atoms with E-state index in [1.165, 1.54) is 4.90 Å². The third-order valence-corrected chi connectivity index (χ3v) is 9.02. The van der Waals surface area contributed by atoms with Gasteiger partial charge in [-0.2, -0.15) is 0 Å². The fraction of sp³-hybridized carbons (Fsp3) is 0.657. The first kappa shape index (κ1) is 37.5. The van der Waals surface area contributed by atoms with Crippen molar-refractivity contribution in [2.24, 2.45) is 11.8 Å². The second-order valence-electron chi connectivity index (χ2n) is 13.6. The van der Waals surface area contributed by atoms with Crippen molar-refractivity contribution in [3.63, 3.8) is 0 Å². The van der Waals surface area contributed by atoms with Gasteiger partial charge in [-0.1, -0.05) is 76.8 Å². The molecule has 0 bridgehead atoms. The summed E-state index contributed by atoms with van der Waals surface area (Å²) >= 11 is 0. The Kier molecular flexibility index (Phi) is 13.8. The Morgan fingerprint density at radius 3 is 2.26 bits per heavy atom. The van der Waals surface area contributed by atoms with Gasteiger partial charge in [-0.25, -0.2) is 4.79 Å². The zero-order valence-electron chi connectivity index (χ0n) is 28.7. The zero-order valence-corrected chi connectivity index (χ0v) is 28.7. The fourth-order valence-electron chi connectivity index (χ4n) is 5.94. The van der Waals surface area contributed by atoms with E-state index in [9.17, 15) is 28.8 Å². The highest BCUT2D eigenvalue weighted by Gasteiger charge is 2.42. The Bertz CT molecular complexity index is 1270. The van der Waals surface area contributed by atoms with Crippen molar-refractivity contribution in [1.82, 2.24) is 26.2 Å². The van der Waals surface area contributed by atoms with E-state index in [1.54, 1.807) is 0 Å². The Morgan fingerprint density at radius 1 is 0.957 bits per heavy atom. The molecule has 1 saturated carbocycles. The van der Waals surface area contributed by atoms with Gasteiger partial charge in [0.1, 0.15) is 17.7 Å². The van der Waals surface area contributed by atoms with Crippen LogP contribution in [0.4, 0.5) is 4.79 Å². The molecule has 1 saturated heterocycles. The predicted octanol–water partition coefficient (Wildman–Crippen LogP) is 3.54. The van der Waals surface area contributed by atoms with Gasteiger partial charge >= 0.3 is 6.09 Å². The van der Waals surface area contributed by atoms with Gasteiger partial charge in [0, 0.05) is 6.54 Å². The van der Waals surface area contributed by atoms with Gasteiger partial charge in [-0.05, 0) is 63.9 Å². The van der Waals surface area contributed by atoms with Crippen LogP contribution in [0.1, 0.15) is 105 Å². The number of carbonyl (C=O) groups excluding carboxylic acids is 6. The molecule has 0 spiro atoms. The molecule has 3 rings (SSSR count). The number of hydrogen-bond donors (Lipinski definition) is 4. The number of carbonyl (C=O) groups is 6. The molecule has 2 fully saturated rings. The Morgan fingerprint density at radius 2 is 1.64 bits per heavy atom. The van der Waals surface area contributed by atoms with Gasteiger partial charge < -0.3 is 30.9 Å². The van der Waals surface area contributed by atoms with Crippen LogP contribution in [0.5, 0.6) is 0 Å². The summed E-state index contributed by atoms with van der Waals surface area (Å²) < 4.78 is 5.61. The molecular weight excluding hydrogens is 602 g/mol. The van der Waals surface area contributed by atoms with E-state index in [0.717, 1.165) is 24.8 Å². The summed E-state index contributed by atoms with van der Waals surface area (Å²) in [4.78, 5) is 80.3. The SMILES string of the molecule is CCCC(C)(C)OC(=O)NC(C(=O)N1CCCC1C(=O)NC(CC1CC1)C(=O)C(=O)NCC(=O)NC(C)c1ccccc1)C(C)CC. The molecule has 1 aliphatic heterocycles. The van der Waals surface area contributed by atoms with Crippen molar-refractivity contribution in [2.45, 2.75) is 123 Å². The number of hydrogen-bond acceptors (Lipinski definition) is 7. The van der Waals surface area contributed by atoms with E-state index in [-0.39, 0.29) is 23.8 Å². The van der Waals surface area contributed by atoms with Gasteiger partial charge in [-0.15, -0.1) is 0 Å². The molecule has 2 aliphatic rings. The summed E-state index contributed by atoms with van der Waals surface area (Å²) in [6, 6.07) is 6.22. The van der Waals surface area contributed by atoms with E-state index < -0.39 is 59.9 Å². The van der Waals surface area contributed by atoms with Crippen LogP contribution in [0.25, 0.3) is 0 Å². The van der Waals surface area contributed by atoms with Gasteiger partial charge in [0.15, 0.2) is 0 Å². The Labute approximate surface area is 278 Å². The molecule has 1 aromatic rings. The monoisotopic (exact) mass is 655 g/mol. The quantitative estimate of drug-likeness (QED) is 0.187. The topological polar surface area (TPSA) is 163 Å². The highest BCUT2D eigenvalue weighted by Crippen LogP contribution is 2.34. The van der Waals surface area contributed by atoms with Crippen molar-refractivity contribution >= 4 is 35.5 Å². The lowest BCUT2D eigenvalue weighted by atomic mass is 9.97. The van der Waals surface area contributed by atoms with Crippen LogP contribution >= 0.6 is 0 Å². The van der Waals surface area contributed by atoms with E-state index >= 15 is 0 Å². The van der Waals surface area contributed by atoms with E-state index in [1.807, 2.05) is 71.9 Å². The highest BCUT2D eigenvalue weighted by atomic mass is 16.6. The number of rotatable bonds is 17. The second kappa shape index (κ2) is 17.3. The van der Waals surface area contributed by atoms with Crippen LogP contribution in [0.3, 0.4) is 0 Å². The lowest BCUT2D eigenvalue weighted by molar-refractivity contribution is -0.143. The molecular formula is C35H53N5O7. The van der Waals surface area contributed by atoms with Crippen LogP contribution in [0.2, 0.25) is 0 Å². The predicted molar refractivity (Wildman–Crippen MR) is 177 cm³/mol. The molecule has 260 valence electrons. The number of Topliss-reactive ketones (excluding diaryl/α,β-unsaturated/α-hetero) is 1. The van der Waals surface area contributed by atoms with Gasteiger partial charge in [0.25, 0.3) is 5.91 Å². The molecule has 12 nitrogen and oxygen atoms in total. The summed E-state index contributed by atoms with van der Waals surface area (Å²) in [5.74, 6) is -3.17. The van der Waals surface area contributed by atoms with Crippen molar-refractivity contribution in [3.05, 3.63) is 35.9 Å². The molecule has 0 radical (unpaired) electrons. The van der Waals surface area contributed by atoms with Crippen LogP contribution in [-0.2, 0) is 28.7 Å². The molecule has 4 N–H and O–H groups in total. The maximum Gasteiger partial charge on any atom is 0.408 e. The Balaban J connectivity index is 1.62. The number of alkyl carbamates (subject to hydrolysis) is 1. The van der Waals surface area contributed by atoms with Crippen LogP contribution < -0.4 is 21.3 Å². The number of ketones is 1. The molecule has 1 aliphatic carbocycles. The van der Waals surface area contributed by atoms with Crippen molar-refractivity contribution in [1.29, 1.82) is 0 Å². The maximum absolute atomic E-state index is 13.8. The van der Waals surface area contributed by atoms with E-state index in [2.05, 4.69) is 21.3 Å². The summed E-state index contributed by atoms with van der Waals surface area (Å²) in [6.07, 6.45) is 4.45. The number of likely N-dealkylation sites (tertiary alicyclic amines) is 1. The first-order chi connectivity index (χ1) is 22.3. The molecule has 0 aromatic heterocycles. The molecule has 47 heavy (non-hydrogen) atoms. The normalized spacial score (nSPS) is 18.7.